The van der Waals surface area contributed by atoms with Crippen LogP contribution in [0.2, 0.25) is 5.02 Å². The van der Waals surface area contributed by atoms with Crippen molar-refractivity contribution in [2.45, 2.75) is 32.8 Å². The van der Waals surface area contributed by atoms with Gasteiger partial charge in [0.05, 0.1) is 5.92 Å². The maximum Gasteiger partial charge on any atom is 0.310 e. The summed E-state index contributed by atoms with van der Waals surface area (Å²) in [6.45, 7) is 3.85. The summed E-state index contributed by atoms with van der Waals surface area (Å²) in [4.78, 5) is 11.2. The molecule has 1 heterocycles. The van der Waals surface area contributed by atoms with Crippen LogP contribution in [0.1, 0.15) is 24.5 Å². The highest BCUT2D eigenvalue weighted by molar-refractivity contribution is 6.31. The van der Waals surface area contributed by atoms with Gasteiger partial charge in [-0.1, -0.05) is 18.5 Å². The summed E-state index contributed by atoms with van der Waals surface area (Å²) in [5.41, 5.74) is 1.84. The molecule has 0 fully saturated rings. The predicted molar refractivity (Wildman–Crippen MR) is 65.7 cm³/mol. The number of rotatable bonds is 2. The SMILES string of the molecule is CCC1Oc2cc(C)c(Cl)cc2CC1C(=O)O. The molecule has 0 aliphatic carbocycles. The predicted octanol–water partition coefficient (Wildman–Crippen LogP) is 3.06. The number of carbonyl (C=O) groups is 1. The van der Waals surface area contributed by atoms with Crippen molar-refractivity contribution in [3.63, 3.8) is 0 Å². The number of aryl methyl sites for hydroxylation is 1. The zero-order valence-corrected chi connectivity index (χ0v) is 10.6. The van der Waals surface area contributed by atoms with Crippen molar-refractivity contribution in [1.82, 2.24) is 0 Å². The summed E-state index contributed by atoms with van der Waals surface area (Å²) in [7, 11) is 0. The van der Waals surface area contributed by atoms with E-state index in [9.17, 15) is 9.90 Å². The summed E-state index contributed by atoms with van der Waals surface area (Å²) in [6, 6.07) is 3.70. The number of halogens is 1. The lowest BCUT2D eigenvalue weighted by atomic mass is 9.89. The van der Waals surface area contributed by atoms with E-state index in [2.05, 4.69) is 0 Å². The first kappa shape index (κ1) is 12.2. The largest absolute Gasteiger partial charge is 0.489 e. The van der Waals surface area contributed by atoms with Crippen LogP contribution in [0.25, 0.3) is 0 Å². The van der Waals surface area contributed by atoms with E-state index >= 15 is 0 Å². The number of fused-ring (bicyclic) bond motifs is 1. The number of aliphatic carboxylic acids is 1. The van der Waals surface area contributed by atoms with E-state index in [1.165, 1.54) is 0 Å². The summed E-state index contributed by atoms with van der Waals surface area (Å²) >= 11 is 6.04. The van der Waals surface area contributed by atoms with Gasteiger partial charge in [-0.2, -0.15) is 0 Å². The highest BCUT2D eigenvalue weighted by Crippen LogP contribution is 2.35. The maximum absolute atomic E-state index is 11.2. The average Bonchev–Trinajstić information content (AvgIpc) is 2.29. The normalized spacial score (nSPS) is 22.8. The Bertz CT molecular complexity index is 456. The molecule has 2 atom stereocenters. The third-order valence-corrected chi connectivity index (χ3v) is 3.64. The highest BCUT2D eigenvalue weighted by atomic mass is 35.5. The molecular weight excluding hydrogens is 240 g/mol. The van der Waals surface area contributed by atoms with E-state index in [0.29, 0.717) is 17.9 Å². The number of ether oxygens (including phenoxy) is 1. The van der Waals surface area contributed by atoms with Gasteiger partial charge in [-0.3, -0.25) is 4.79 Å². The van der Waals surface area contributed by atoms with Gasteiger partial charge < -0.3 is 9.84 Å². The van der Waals surface area contributed by atoms with Crippen LogP contribution < -0.4 is 4.74 Å². The van der Waals surface area contributed by atoms with E-state index in [4.69, 9.17) is 16.3 Å². The van der Waals surface area contributed by atoms with E-state index in [-0.39, 0.29) is 6.10 Å². The second-order valence-electron chi connectivity index (χ2n) is 4.42. The zero-order valence-electron chi connectivity index (χ0n) is 9.87. The molecule has 1 aliphatic heterocycles. The van der Waals surface area contributed by atoms with Crippen molar-refractivity contribution in [2.24, 2.45) is 5.92 Å². The first-order valence-corrected chi connectivity index (χ1v) is 6.09. The topological polar surface area (TPSA) is 46.5 Å². The monoisotopic (exact) mass is 254 g/mol. The molecular formula is C13H15ClO3. The Morgan fingerprint density at radius 3 is 2.88 bits per heavy atom. The number of hydrogen-bond donors (Lipinski definition) is 1. The van der Waals surface area contributed by atoms with Crippen LogP contribution in [0.15, 0.2) is 12.1 Å². The van der Waals surface area contributed by atoms with Crippen molar-refractivity contribution in [3.8, 4) is 5.75 Å². The van der Waals surface area contributed by atoms with Gasteiger partial charge in [-0.25, -0.2) is 0 Å². The molecule has 1 aliphatic rings. The molecule has 0 radical (unpaired) electrons. The fraction of sp³-hybridized carbons (Fsp3) is 0.462. The fourth-order valence-electron chi connectivity index (χ4n) is 2.19. The lowest BCUT2D eigenvalue weighted by molar-refractivity contribution is -0.145. The average molecular weight is 255 g/mol. The quantitative estimate of drug-likeness (QED) is 0.882. The summed E-state index contributed by atoms with van der Waals surface area (Å²) in [5.74, 6) is -0.512. The molecule has 1 aromatic rings. The summed E-state index contributed by atoms with van der Waals surface area (Å²) in [5, 5.41) is 9.83. The third-order valence-electron chi connectivity index (χ3n) is 3.23. The van der Waals surface area contributed by atoms with E-state index in [0.717, 1.165) is 16.9 Å². The molecule has 1 N–H and O–H groups in total. The van der Waals surface area contributed by atoms with Gasteiger partial charge in [0, 0.05) is 5.02 Å². The highest BCUT2D eigenvalue weighted by Gasteiger charge is 2.34. The maximum atomic E-state index is 11.2. The Morgan fingerprint density at radius 1 is 1.59 bits per heavy atom. The molecule has 0 aromatic heterocycles. The lowest BCUT2D eigenvalue weighted by Crippen LogP contribution is -2.37. The third kappa shape index (κ3) is 2.25. The number of hydrogen-bond acceptors (Lipinski definition) is 2. The van der Waals surface area contributed by atoms with Gasteiger partial charge in [0.15, 0.2) is 0 Å². The minimum atomic E-state index is -0.806. The van der Waals surface area contributed by atoms with Crippen LogP contribution in [0.3, 0.4) is 0 Å². The molecule has 92 valence electrons. The molecule has 0 spiro atoms. The van der Waals surface area contributed by atoms with Crippen LogP contribution in [0, 0.1) is 12.8 Å². The second kappa shape index (κ2) is 4.57. The minimum Gasteiger partial charge on any atom is -0.489 e. The standard InChI is InChI=1S/C13H15ClO3/c1-3-11-9(13(15)16)5-8-6-10(14)7(2)4-12(8)17-11/h4,6,9,11H,3,5H2,1-2H3,(H,15,16). The first-order chi connectivity index (χ1) is 8.02. The van der Waals surface area contributed by atoms with Gasteiger partial charge in [-0.05, 0) is 43.0 Å². The molecule has 2 unspecified atom stereocenters. The van der Waals surface area contributed by atoms with E-state index in [1.807, 2.05) is 26.0 Å². The van der Waals surface area contributed by atoms with Crippen LogP contribution in [0.4, 0.5) is 0 Å². The Hall–Kier alpha value is -1.22. The van der Waals surface area contributed by atoms with Crippen molar-refractivity contribution in [3.05, 3.63) is 28.3 Å². The molecule has 4 heteroatoms. The molecule has 0 saturated carbocycles. The van der Waals surface area contributed by atoms with Crippen LogP contribution in [-0.2, 0) is 11.2 Å². The Kier molecular flexibility index (Phi) is 3.29. The summed E-state index contributed by atoms with van der Waals surface area (Å²) in [6.07, 6.45) is 0.932. The van der Waals surface area contributed by atoms with Crippen molar-refractivity contribution < 1.29 is 14.6 Å². The van der Waals surface area contributed by atoms with Gasteiger partial charge in [0.25, 0.3) is 0 Å². The Labute approximate surface area is 105 Å². The van der Waals surface area contributed by atoms with Crippen LogP contribution >= 0.6 is 11.6 Å². The smallest absolute Gasteiger partial charge is 0.310 e. The molecule has 0 amide bonds. The lowest BCUT2D eigenvalue weighted by Gasteiger charge is -2.31. The summed E-state index contributed by atoms with van der Waals surface area (Å²) < 4.78 is 5.75. The minimum absolute atomic E-state index is 0.249. The zero-order chi connectivity index (χ0) is 12.6. The molecule has 3 nitrogen and oxygen atoms in total. The molecule has 0 saturated heterocycles. The van der Waals surface area contributed by atoms with Crippen molar-refractivity contribution >= 4 is 17.6 Å². The van der Waals surface area contributed by atoms with E-state index < -0.39 is 11.9 Å². The van der Waals surface area contributed by atoms with Gasteiger partial charge in [-0.15, -0.1) is 0 Å². The van der Waals surface area contributed by atoms with Gasteiger partial charge in [0.2, 0.25) is 0 Å². The first-order valence-electron chi connectivity index (χ1n) is 5.71. The van der Waals surface area contributed by atoms with Gasteiger partial charge >= 0.3 is 5.97 Å². The van der Waals surface area contributed by atoms with Crippen molar-refractivity contribution in [2.75, 3.05) is 0 Å². The van der Waals surface area contributed by atoms with Crippen molar-refractivity contribution in [1.29, 1.82) is 0 Å². The second-order valence-corrected chi connectivity index (χ2v) is 4.83. The molecule has 0 bridgehead atoms. The number of benzene rings is 1. The molecule has 1 aromatic carbocycles. The molecule has 2 rings (SSSR count). The Balaban J connectivity index is 2.39. The number of carboxylic acids is 1. The van der Waals surface area contributed by atoms with Crippen LogP contribution in [-0.4, -0.2) is 17.2 Å². The van der Waals surface area contributed by atoms with Gasteiger partial charge in [0.1, 0.15) is 11.9 Å². The van der Waals surface area contributed by atoms with E-state index in [1.54, 1.807) is 0 Å². The molecule has 17 heavy (non-hydrogen) atoms. The van der Waals surface area contributed by atoms with Crippen LogP contribution in [0.5, 0.6) is 5.75 Å². The fourth-order valence-corrected chi connectivity index (χ4v) is 2.38. The Morgan fingerprint density at radius 2 is 2.29 bits per heavy atom. The number of carboxylic acid groups (broad SMARTS) is 1.